The normalized spacial score (nSPS) is 18.2. The molecule has 130 valence electrons. The molecule has 0 atom stereocenters. The first kappa shape index (κ1) is 16.0. The predicted molar refractivity (Wildman–Crippen MR) is 96.5 cm³/mol. The molecule has 1 N–H and O–H groups in total. The molecule has 0 bridgehead atoms. The Labute approximate surface area is 147 Å². The molecule has 1 aliphatic heterocycles. The fraction of sp³-hybridized carbons (Fsp3) is 0.474. The summed E-state index contributed by atoms with van der Waals surface area (Å²) in [4.78, 5) is 28.1. The minimum Gasteiger partial charge on any atom is -0.356 e. The molecule has 6 nitrogen and oxygen atoms in total. The number of nitrogens with zero attached hydrogens (tertiary/aromatic N) is 4. The molecule has 1 saturated carbocycles. The molecule has 0 spiro atoms. The van der Waals surface area contributed by atoms with Crippen LogP contribution in [-0.2, 0) is 4.79 Å². The van der Waals surface area contributed by atoms with Crippen LogP contribution >= 0.6 is 0 Å². The molecule has 1 saturated heterocycles. The SMILES string of the molecule is Cc1ccc(NC(=O)C2CCN(c3ccnc(C4CC4)n3)CC2)nc1. The van der Waals surface area contributed by atoms with E-state index in [4.69, 9.17) is 4.98 Å². The summed E-state index contributed by atoms with van der Waals surface area (Å²) in [5.74, 6) is 3.26. The van der Waals surface area contributed by atoms with Crippen LogP contribution in [-0.4, -0.2) is 33.9 Å². The summed E-state index contributed by atoms with van der Waals surface area (Å²) in [6, 6.07) is 5.78. The highest BCUT2D eigenvalue weighted by atomic mass is 16.1. The number of carbonyl (C=O) groups excluding carboxylic acids is 1. The standard InChI is InChI=1S/C19H23N5O/c1-13-2-5-16(21-12-13)22-19(25)15-7-10-24(11-8-15)17-6-9-20-18(23-17)14-3-4-14/h2,5-6,9,12,14-15H,3-4,7-8,10-11H2,1H3,(H,21,22,25). The summed E-state index contributed by atoms with van der Waals surface area (Å²) in [7, 11) is 0. The number of nitrogens with one attached hydrogen (secondary N) is 1. The maximum Gasteiger partial charge on any atom is 0.228 e. The van der Waals surface area contributed by atoms with Crippen molar-refractivity contribution in [3.8, 4) is 0 Å². The highest BCUT2D eigenvalue weighted by Gasteiger charge is 2.29. The molecule has 1 amide bonds. The predicted octanol–water partition coefficient (Wildman–Crippen LogP) is 2.91. The minimum absolute atomic E-state index is 0.0316. The molecule has 6 heteroatoms. The number of hydrogen-bond donors (Lipinski definition) is 1. The smallest absolute Gasteiger partial charge is 0.228 e. The number of aryl methyl sites for hydroxylation is 1. The lowest BCUT2D eigenvalue weighted by atomic mass is 9.96. The van der Waals surface area contributed by atoms with Gasteiger partial charge < -0.3 is 10.2 Å². The molecule has 0 radical (unpaired) electrons. The van der Waals surface area contributed by atoms with E-state index in [0.717, 1.165) is 43.1 Å². The fourth-order valence-corrected chi connectivity index (χ4v) is 3.22. The Morgan fingerprint density at radius 3 is 2.60 bits per heavy atom. The van der Waals surface area contributed by atoms with E-state index in [9.17, 15) is 4.79 Å². The van der Waals surface area contributed by atoms with Gasteiger partial charge in [-0.1, -0.05) is 6.07 Å². The Kier molecular flexibility index (Phi) is 4.34. The molecule has 2 aromatic heterocycles. The van der Waals surface area contributed by atoms with Crippen LogP contribution in [0.25, 0.3) is 0 Å². The second-order valence-corrected chi connectivity index (χ2v) is 7.02. The topological polar surface area (TPSA) is 71.0 Å². The van der Waals surface area contributed by atoms with E-state index < -0.39 is 0 Å². The van der Waals surface area contributed by atoms with E-state index >= 15 is 0 Å². The Bertz CT molecular complexity index is 749. The van der Waals surface area contributed by atoms with Crippen LogP contribution in [0, 0.1) is 12.8 Å². The van der Waals surface area contributed by atoms with Gasteiger partial charge in [0.05, 0.1) is 0 Å². The molecule has 2 aromatic rings. The van der Waals surface area contributed by atoms with Crippen molar-refractivity contribution in [2.45, 2.75) is 38.5 Å². The van der Waals surface area contributed by atoms with E-state index in [0.29, 0.717) is 11.7 Å². The summed E-state index contributed by atoms with van der Waals surface area (Å²) in [5, 5.41) is 2.93. The van der Waals surface area contributed by atoms with E-state index in [-0.39, 0.29) is 11.8 Å². The molecule has 2 fully saturated rings. The number of pyridine rings is 1. The molecule has 3 heterocycles. The Hall–Kier alpha value is -2.50. The van der Waals surface area contributed by atoms with Gasteiger partial charge in [-0.3, -0.25) is 4.79 Å². The highest BCUT2D eigenvalue weighted by Crippen LogP contribution is 2.38. The molecular formula is C19H23N5O. The Morgan fingerprint density at radius 1 is 1.12 bits per heavy atom. The Morgan fingerprint density at radius 2 is 1.92 bits per heavy atom. The number of piperidine rings is 1. The van der Waals surface area contributed by atoms with Gasteiger partial charge in [-0.15, -0.1) is 0 Å². The zero-order chi connectivity index (χ0) is 17.2. The minimum atomic E-state index is 0.0316. The highest BCUT2D eigenvalue weighted by molar-refractivity contribution is 5.91. The third kappa shape index (κ3) is 3.78. The molecule has 4 rings (SSSR count). The lowest BCUT2D eigenvalue weighted by Crippen LogP contribution is -2.38. The lowest BCUT2D eigenvalue weighted by molar-refractivity contribution is -0.120. The van der Waals surface area contributed by atoms with Gasteiger partial charge in [0.2, 0.25) is 5.91 Å². The lowest BCUT2D eigenvalue weighted by Gasteiger charge is -2.32. The first-order chi connectivity index (χ1) is 12.2. The summed E-state index contributed by atoms with van der Waals surface area (Å²) < 4.78 is 0. The average molecular weight is 337 g/mol. The number of aromatic nitrogens is 3. The quantitative estimate of drug-likeness (QED) is 0.929. The zero-order valence-electron chi connectivity index (χ0n) is 14.5. The zero-order valence-corrected chi connectivity index (χ0v) is 14.5. The van der Waals surface area contributed by atoms with Crippen molar-refractivity contribution in [3.05, 3.63) is 42.0 Å². The number of anilines is 2. The van der Waals surface area contributed by atoms with Crippen molar-refractivity contribution < 1.29 is 4.79 Å². The van der Waals surface area contributed by atoms with Crippen molar-refractivity contribution in [2.24, 2.45) is 5.92 Å². The maximum atomic E-state index is 12.5. The monoisotopic (exact) mass is 337 g/mol. The summed E-state index contributed by atoms with van der Waals surface area (Å²) in [6.45, 7) is 3.68. The number of hydrogen-bond acceptors (Lipinski definition) is 5. The van der Waals surface area contributed by atoms with Gasteiger partial charge in [0.1, 0.15) is 17.5 Å². The van der Waals surface area contributed by atoms with Crippen LogP contribution in [0.2, 0.25) is 0 Å². The molecule has 0 unspecified atom stereocenters. The number of carbonyl (C=O) groups is 1. The van der Waals surface area contributed by atoms with Crippen LogP contribution in [0.3, 0.4) is 0 Å². The van der Waals surface area contributed by atoms with Crippen LogP contribution < -0.4 is 10.2 Å². The van der Waals surface area contributed by atoms with Gasteiger partial charge in [-0.05, 0) is 50.3 Å². The second kappa shape index (κ2) is 6.78. The first-order valence-corrected chi connectivity index (χ1v) is 9.00. The van der Waals surface area contributed by atoms with E-state index in [1.54, 1.807) is 6.20 Å². The largest absolute Gasteiger partial charge is 0.356 e. The average Bonchev–Trinajstić information content (AvgIpc) is 3.49. The molecule has 1 aliphatic carbocycles. The molecule has 2 aliphatic rings. The van der Waals surface area contributed by atoms with Crippen LogP contribution in [0.1, 0.15) is 43.0 Å². The van der Waals surface area contributed by atoms with Gasteiger partial charge in [-0.25, -0.2) is 15.0 Å². The van der Waals surface area contributed by atoms with Crippen LogP contribution in [0.4, 0.5) is 11.6 Å². The third-order valence-electron chi connectivity index (χ3n) is 4.95. The first-order valence-electron chi connectivity index (χ1n) is 9.00. The van der Waals surface area contributed by atoms with Crippen LogP contribution in [0.15, 0.2) is 30.6 Å². The second-order valence-electron chi connectivity index (χ2n) is 7.02. The molecule has 0 aromatic carbocycles. The van der Waals surface area contributed by atoms with Crippen molar-refractivity contribution in [2.75, 3.05) is 23.3 Å². The third-order valence-corrected chi connectivity index (χ3v) is 4.95. The van der Waals surface area contributed by atoms with Crippen molar-refractivity contribution >= 4 is 17.5 Å². The summed E-state index contributed by atoms with van der Waals surface area (Å²) >= 11 is 0. The van der Waals surface area contributed by atoms with Gasteiger partial charge >= 0.3 is 0 Å². The van der Waals surface area contributed by atoms with Crippen molar-refractivity contribution in [1.82, 2.24) is 15.0 Å². The number of amides is 1. The maximum absolute atomic E-state index is 12.5. The van der Waals surface area contributed by atoms with E-state index in [2.05, 4.69) is 20.2 Å². The molecular weight excluding hydrogens is 314 g/mol. The summed E-state index contributed by atoms with van der Waals surface area (Å²) in [5.41, 5.74) is 1.08. The van der Waals surface area contributed by atoms with E-state index in [1.165, 1.54) is 12.8 Å². The fourth-order valence-electron chi connectivity index (χ4n) is 3.22. The molecule has 25 heavy (non-hydrogen) atoms. The van der Waals surface area contributed by atoms with Gasteiger partial charge in [0.25, 0.3) is 0 Å². The van der Waals surface area contributed by atoms with Crippen molar-refractivity contribution in [1.29, 1.82) is 0 Å². The van der Waals surface area contributed by atoms with E-state index in [1.807, 2.05) is 31.3 Å². The summed E-state index contributed by atoms with van der Waals surface area (Å²) in [6.07, 6.45) is 7.71. The van der Waals surface area contributed by atoms with Gasteiger partial charge in [0, 0.05) is 37.3 Å². The van der Waals surface area contributed by atoms with Gasteiger partial charge in [-0.2, -0.15) is 0 Å². The van der Waals surface area contributed by atoms with Gasteiger partial charge in [0.15, 0.2) is 0 Å². The van der Waals surface area contributed by atoms with Crippen molar-refractivity contribution in [3.63, 3.8) is 0 Å². The van der Waals surface area contributed by atoms with Crippen LogP contribution in [0.5, 0.6) is 0 Å². The Balaban J connectivity index is 1.33. The number of rotatable bonds is 4.